The van der Waals surface area contributed by atoms with Crippen molar-refractivity contribution in [3.63, 3.8) is 0 Å². The number of hydrogen-bond acceptors (Lipinski definition) is 4. The van der Waals surface area contributed by atoms with E-state index in [9.17, 15) is 0 Å². The Morgan fingerprint density at radius 2 is 2.36 bits per heavy atom. The van der Waals surface area contributed by atoms with Crippen LogP contribution in [0, 0.1) is 6.92 Å². The second-order valence-electron chi connectivity index (χ2n) is 2.91. The summed E-state index contributed by atoms with van der Waals surface area (Å²) in [7, 11) is 0. The van der Waals surface area contributed by atoms with Gasteiger partial charge in [0, 0.05) is 29.8 Å². The van der Waals surface area contributed by atoms with Gasteiger partial charge in [-0.2, -0.15) is 0 Å². The van der Waals surface area contributed by atoms with Gasteiger partial charge in [-0.1, -0.05) is 0 Å². The Labute approximate surface area is 81.1 Å². The maximum atomic E-state index is 8.94. The fourth-order valence-electron chi connectivity index (χ4n) is 1.14. The Kier molecular flexibility index (Phi) is 2.24. The Hall–Kier alpha value is -1.75. The lowest BCUT2D eigenvalue weighted by Crippen LogP contribution is -2.02. The molecule has 0 aliphatic carbocycles. The molecule has 0 amide bonds. The average molecular weight is 190 g/mol. The molecule has 0 fully saturated rings. The van der Waals surface area contributed by atoms with E-state index in [1.165, 1.54) is 0 Å². The van der Waals surface area contributed by atoms with Gasteiger partial charge in [0.1, 0.15) is 6.33 Å². The number of aliphatic hydroxyl groups excluding tert-OH is 1. The third-order valence-corrected chi connectivity index (χ3v) is 1.97. The fraction of sp³-hybridized carbons (Fsp3) is 0.222. The van der Waals surface area contributed by atoms with E-state index < -0.39 is 0 Å². The van der Waals surface area contributed by atoms with Gasteiger partial charge in [0.15, 0.2) is 0 Å². The van der Waals surface area contributed by atoms with Crippen LogP contribution in [0.5, 0.6) is 0 Å². The van der Waals surface area contributed by atoms with E-state index in [0.29, 0.717) is 5.95 Å². The topological polar surface area (TPSA) is 63.8 Å². The van der Waals surface area contributed by atoms with Crippen molar-refractivity contribution < 1.29 is 5.11 Å². The molecule has 0 aromatic carbocycles. The van der Waals surface area contributed by atoms with Crippen LogP contribution >= 0.6 is 0 Å². The third-order valence-electron chi connectivity index (χ3n) is 1.97. The molecule has 5 heteroatoms. The first-order valence-corrected chi connectivity index (χ1v) is 4.23. The van der Waals surface area contributed by atoms with Crippen molar-refractivity contribution in [3.05, 3.63) is 36.2 Å². The van der Waals surface area contributed by atoms with Crippen LogP contribution in [0.4, 0.5) is 0 Å². The average Bonchev–Trinajstić information content (AvgIpc) is 2.70. The van der Waals surface area contributed by atoms with E-state index in [-0.39, 0.29) is 6.61 Å². The monoisotopic (exact) mass is 190 g/mol. The van der Waals surface area contributed by atoms with E-state index in [1.54, 1.807) is 29.5 Å². The molecular weight excluding hydrogens is 180 g/mol. The van der Waals surface area contributed by atoms with Crippen molar-refractivity contribution in [3.8, 4) is 5.95 Å². The zero-order valence-corrected chi connectivity index (χ0v) is 7.75. The van der Waals surface area contributed by atoms with Crippen molar-refractivity contribution in [2.45, 2.75) is 13.5 Å². The summed E-state index contributed by atoms with van der Waals surface area (Å²) < 4.78 is 1.72. The molecule has 1 N–H and O–H groups in total. The molecule has 0 radical (unpaired) electrons. The van der Waals surface area contributed by atoms with Gasteiger partial charge in [0.2, 0.25) is 5.95 Å². The highest BCUT2D eigenvalue weighted by molar-refractivity contribution is 5.20. The first kappa shape index (κ1) is 8.83. The molecule has 0 aliphatic rings. The molecule has 72 valence electrons. The second kappa shape index (κ2) is 3.55. The van der Waals surface area contributed by atoms with Crippen molar-refractivity contribution in [2.24, 2.45) is 0 Å². The smallest absolute Gasteiger partial charge is 0.235 e. The molecule has 2 heterocycles. The van der Waals surface area contributed by atoms with Gasteiger partial charge in [-0.25, -0.2) is 15.0 Å². The molecule has 0 saturated carbocycles. The molecule has 5 nitrogen and oxygen atoms in total. The minimum absolute atomic E-state index is 0.0317. The molecule has 0 aliphatic heterocycles. The van der Waals surface area contributed by atoms with Gasteiger partial charge in [0.05, 0.1) is 6.61 Å². The predicted octanol–water partition coefficient (Wildman–Crippen LogP) is 0.463. The highest BCUT2D eigenvalue weighted by Crippen LogP contribution is 2.06. The van der Waals surface area contributed by atoms with Crippen LogP contribution in [-0.2, 0) is 6.61 Å². The van der Waals surface area contributed by atoms with Gasteiger partial charge in [0.25, 0.3) is 0 Å². The number of aromatic nitrogens is 4. The Balaban J connectivity index is 2.43. The summed E-state index contributed by atoms with van der Waals surface area (Å²) in [4.78, 5) is 12.2. The van der Waals surface area contributed by atoms with Gasteiger partial charge < -0.3 is 5.11 Å². The Morgan fingerprint density at radius 1 is 1.50 bits per heavy atom. The number of aryl methyl sites for hydroxylation is 1. The highest BCUT2D eigenvalue weighted by Gasteiger charge is 2.03. The van der Waals surface area contributed by atoms with Crippen LogP contribution in [0.3, 0.4) is 0 Å². The minimum Gasteiger partial charge on any atom is -0.392 e. The summed E-state index contributed by atoms with van der Waals surface area (Å²) in [6.07, 6.45) is 6.69. The molecule has 0 spiro atoms. The maximum absolute atomic E-state index is 8.94. The predicted molar refractivity (Wildman–Crippen MR) is 49.8 cm³/mol. The number of rotatable bonds is 2. The van der Waals surface area contributed by atoms with Crippen LogP contribution in [0.1, 0.15) is 11.3 Å². The van der Waals surface area contributed by atoms with Gasteiger partial charge in [-0.05, 0) is 6.92 Å². The second-order valence-corrected chi connectivity index (χ2v) is 2.91. The van der Waals surface area contributed by atoms with Crippen LogP contribution in [0.15, 0.2) is 24.9 Å². The third kappa shape index (κ3) is 1.49. The first-order valence-electron chi connectivity index (χ1n) is 4.23. The summed E-state index contributed by atoms with van der Waals surface area (Å²) >= 11 is 0. The summed E-state index contributed by atoms with van der Waals surface area (Å²) in [6.45, 7) is 1.81. The Morgan fingerprint density at radius 3 is 2.93 bits per heavy atom. The quantitative estimate of drug-likeness (QED) is 0.747. The van der Waals surface area contributed by atoms with E-state index >= 15 is 0 Å². The molecule has 2 aromatic heterocycles. The SMILES string of the molecule is Cc1nc(-n2ccnc2)ncc1CO. The van der Waals surface area contributed by atoms with E-state index in [1.807, 2.05) is 6.92 Å². The molecule has 2 rings (SSSR count). The molecule has 0 saturated heterocycles. The van der Waals surface area contributed by atoms with Crippen molar-refractivity contribution >= 4 is 0 Å². The summed E-state index contributed by atoms with van der Waals surface area (Å²) in [6, 6.07) is 0. The lowest BCUT2D eigenvalue weighted by atomic mass is 10.3. The maximum Gasteiger partial charge on any atom is 0.235 e. The number of imidazole rings is 1. The molecule has 14 heavy (non-hydrogen) atoms. The van der Waals surface area contributed by atoms with Crippen molar-refractivity contribution in [1.82, 2.24) is 19.5 Å². The molecule has 0 atom stereocenters. The number of aliphatic hydroxyl groups is 1. The van der Waals surface area contributed by atoms with Crippen molar-refractivity contribution in [2.75, 3.05) is 0 Å². The molecular formula is C9H10N4O. The van der Waals surface area contributed by atoms with Gasteiger partial charge in [-0.15, -0.1) is 0 Å². The fourth-order valence-corrected chi connectivity index (χ4v) is 1.14. The molecule has 2 aromatic rings. The van der Waals surface area contributed by atoms with Gasteiger partial charge in [-0.3, -0.25) is 4.57 Å². The molecule has 0 unspecified atom stereocenters. The van der Waals surface area contributed by atoms with Crippen LogP contribution < -0.4 is 0 Å². The lowest BCUT2D eigenvalue weighted by molar-refractivity contribution is 0.280. The van der Waals surface area contributed by atoms with E-state index in [2.05, 4.69) is 15.0 Å². The number of nitrogens with zero attached hydrogens (tertiary/aromatic N) is 4. The Bertz CT molecular complexity index is 424. The summed E-state index contributed by atoms with van der Waals surface area (Å²) in [5.41, 5.74) is 1.53. The zero-order valence-electron chi connectivity index (χ0n) is 7.75. The van der Waals surface area contributed by atoms with Gasteiger partial charge >= 0.3 is 0 Å². The minimum atomic E-state index is -0.0317. The van der Waals surface area contributed by atoms with Crippen molar-refractivity contribution in [1.29, 1.82) is 0 Å². The molecule has 0 bridgehead atoms. The van der Waals surface area contributed by atoms with Crippen LogP contribution in [0.2, 0.25) is 0 Å². The van der Waals surface area contributed by atoms with Crippen LogP contribution in [0.25, 0.3) is 5.95 Å². The number of hydrogen-bond donors (Lipinski definition) is 1. The standard InChI is InChI=1S/C9H10N4O/c1-7-8(5-14)4-11-9(12-7)13-3-2-10-6-13/h2-4,6,14H,5H2,1H3. The largest absolute Gasteiger partial charge is 0.392 e. The van der Waals surface area contributed by atoms with E-state index in [0.717, 1.165) is 11.3 Å². The highest BCUT2D eigenvalue weighted by atomic mass is 16.3. The van der Waals surface area contributed by atoms with Crippen LogP contribution in [-0.4, -0.2) is 24.6 Å². The zero-order chi connectivity index (χ0) is 9.97. The van der Waals surface area contributed by atoms with E-state index in [4.69, 9.17) is 5.11 Å². The first-order chi connectivity index (χ1) is 6.81. The normalized spacial score (nSPS) is 10.4. The summed E-state index contributed by atoms with van der Waals surface area (Å²) in [5.74, 6) is 0.567. The summed E-state index contributed by atoms with van der Waals surface area (Å²) in [5, 5.41) is 8.94. The lowest BCUT2D eigenvalue weighted by Gasteiger charge is -2.04.